The number of thiophene rings is 3. The molecule has 6 heterocycles. The first-order chi connectivity index (χ1) is 37.7. The molecule has 0 radical (unpaired) electrons. The van der Waals surface area contributed by atoms with Gasteiger partial charge in [0.25, 0.3) is 0 Å². The fourth-order valence-corrected chi connectivity index (χ4v) is 14.5. The molecule has 6 aromatic rings. The number of amides is 3. The van der Waals surface area contributed by atoms with Crippen LogP contribution in [0, 0.1) is 20.8 Å². The van der Waals surface area contributed by atoms with Crippen molar-refractivity contribution >= 4 is 186 Å². The molecule has 0 saturated heterocycles. The van der Waals surface area contributed by atoms with Crippen LogP contribution < -0.4 is 28.9 Å². The molecule has 3 atom stereocenters. The minimum Gasteiger partial charge on any atom is -0.443 e. The van der Waals surface area contributed by atoms with Crippen molar-refractivity contribution < 1.29 is 57.3 Å². The van der Waals surface area contributed by atoms with E-state index < -0.39 is 40.1 Å². The van der Waals surface area contributed by atoms with E-state index in [2.05, 4.69) is 0 Å². The Bertz CT molecular complexity index is 3290. The summed E-state index contributed by atoms with van der Waals surface area (Å²) in [6.07, 6.45) is 1.14. The van der Waals surface area contributed by atoms with Gasteiger partial charge in [-0.25, -0.2) is 4.79 Å². The van der Waals surface area contributed by atoms with Gasteiger partial charge in [-0.2, -0.15) is 0 Å². The van der Waals surface area contributed by atoms with Crippen LogP contribution >= 0.6 is 92.0 Å². The standard InChI is InChI=1S/C33H32Cl2N2O6S2.C19H22ClNO4S.C5H6Cl2O2/c1-16-8-22-26(42-18(3)38)10-24-30(32(22)44-16)20(12-34)14-36(24)28(40)6-5-7-29(41)37-15-21(13-35)31-25(37)11-27(43-19(4)39)23-9-17(2)45-33(23)31;1-10-6-13-15(24-11(2)22)7-14-16(17(13)26-10)12(8-20)9-21(14)18(23)25-19(3,4)5;6-4(8)2-1-3-5(7)9/h8-11,20-21H,5-7,12-15H2,1-4H3;6-7,12H,8-9H2,1-5H3;1-3H2/t20-,21-;12-;/m11./s1. The summed E-state index contributed by atoms with van der Waals surface area (Å²) in [5.74, 6) is 0.778. The van der Waals surface area contributed by atoms with Gasteiger partial charge in [0.15, 0.2) is 0 Å². The lowest BCUT2D eigenvalue weighted by Crippen LogP contribution is -2.36. The van der Waals surface area contributed by atoms with Crippen LogP contribution in [0.1, 0.15) is 129 Å². The third-order valence-electron chi connectivity index (χ3n) is 13.1. The van der Waals surface area contributed by atoms with E-state index in [1.54, 1.807) is 66.9 Å². The van der Waals surface area contributed by atoms with Crippen molar-refractivity contribution in [3.05, 3.63) is 67.7 Å². The Balaban J connectivity index is 0.000000221. The van der Waals surface area contributed by atoms with Crippen LogP contribution in [0.4, 0.5) is 21.9 Å². The van der Waals surface area contributed by atoms with E-state index in [1.165, 1.54) is 20.8 Å². The van der Waals surface area contributed by atoms with Crippen molar-refractivity contribution in [2.75, 3.05) is 52.0 Å². The highest BCUT2D eigenvalue weighted by atomic mass is 35.5. The number of halogens is 5. The van der Waals surface area contributed by atoms with Crippen LogP contribution in [-0.2, 0) is 38.3 Å². The Morgan fingerprint density at radius 3 is 1.09 bits per heavy atom. The van der Waals surface area contributed by atoms with Gasteiger partial charge in [0.2, 0.25) is 22.3 Å². The second kappa shape index (κ2) is 26.5. The predicted octanol–water partition coefficient (Wildman–Crippen LogP) is 14.7. The monoisotopic (exact) mass is 1250 g/mol. The maximum absolute atomic E-state index is 13.6. The fraction of sp³-hybridized carbons (Fsp3) is 0.439. The van der Waals surface area contributed by atoms with Gasteiger partial charge < -0.3 is 28.7 Å². The Kier molecular flexibility index (Phi) is 20.7. The average Bonchev–Trinajstić information content (AvgIpc) is 4.23. The van der Waals surface area contributed by atoms with Crippen LogP contribution in [-0.4, -0.2) is 89.2 Å². The molecule has 0 aliphatic carbocycles. The zero-order chi connectivity index (χ0) is 58.7. The van der Waals surface area contributed by atoms with Gasteiger partial charge in [0.05, 0.1) is 17.1 Å². The largest absolute Gasteiger partial charge is 0.443 e. The first-order valence-electron chi connectivity index (χ1n) is 25.7. The summed E-state index contributed by atoms with van der Waals surface area (Å²) >= 11 is 33.7. The molecule has 428 valence electrons. The van der Waals surface area contributed by atoms with E-state index in [1.807, 2.05) is 59.7 Å². The molecular formula is C57H60Cl5N3O12S3. The Morgan fingerprint density at radius 2 is 0.800 bits per heavy atom. The Hall–Kier alpha value is -5.05. The van der Waals surface area contributed by atoms with Gasteiger partial charge in [0.1, 0.15) is 22.8 Å². The number of ether oxygens (including phenoxy) is 4. The van der Waals surface area contributed by atoms with Crippen molar-refractivity contribution in [1.82, 2.24) is 0 Å². The zero-order valence-electron chi connectivity index (χ0n) is 45.5. The number of anilines is 3. The number of carbonyl (C=O) groups excluding carboxylic acids is 8. The number of esters is 3. The molecule has 23 heteroatoms. The molecule has 0 saturated carbocycles. The SMILES string of the molecule is CC(=O)Oc1cc2c(c3sc(C)cc13)[C@H](CCl)CN2C(=O)CCCC(=O)N1C[C@@H](CCl)c2c1cc(OC(C)=O)c1cc(C)sc21.CC(=O)Oc1cc2c(c3sc(C)cc13)[C@H](CCl)CN2C(=O)OC(C)(C)C.O=C(Cl)CCCC(=O)Cl. The van der Waals surface area contributed by atoms with Crippen molar-refractivity contribution in [3.8, 4) is 17.2 Å². The van der Waals surface area contributed by atoms with E-state index in [-0.39, 0.29) is 55.3 Å². The molecule has 3 aliphatic heterocycles. The molecule has 0 N–H and O–H groups in total. The van der Waals surface area contributed by atoms with Gasteiger partial charge in [-0.1, -0.05) is 0 Å². The molecule has 0 bridgehead atoms. The van der Waals surface area contributed by atoms with E-state index in [0.29, 0.717) is 84.4 Å². The number of benzene rings is 3. The summed E-state index contributed by atoms with van der Waals surface area (Å²) in [5, 5.41) is 1.72. The number of rotatable bonds is 14. The lowest BCUT2D eigenvalue weighted by molar-refractivity contribution is -0.132. The fourth-order valence-electron chi connectivity index (χ4n) is 10.0. The second-order valence-electron chi connectivity index (χ2n) is 20.6. The van der Waals surface area contributed by atoms with Gasteiger partial charge in [-0.15, -0.1) is 68.8 Å². The summed E-state index contributed by atoms with van der Waals surface area (Å²) < 4.78 is 25.0. The van der Waals surface area contributed by atoms with E-state index in [9.17, 15) is 38.4 Å². The summed E-state index contributed by atoms with van der Waals surface area (Å²) in [4.78, 5) is 104. The lowest BCUT2D eigenvalue weighted by atomic mass is 10.0. The van der Waals surface area contributed by atoms with Crippen molar-refractivity contribution in [3.63, 3.8) is 0 Å². The van der Waals surface area contributed by atoms with Crippen LogP contribution in [0.5, 0.6) is 17.2 Å². The van der Waals surface area contributed by atoms with Gasteiger partial charge >= 0.3 is 24.0 Å². The summed E-state index contributed by atoms with van der Waals surface area (Å²) in [7, 11) is 0. The van der Waals surface area contributed by atoms with E-state index in [4.69, 9.17) is 77.0 Å². The average molecular weight is 1250 g/mol. The maximum atomic E-state index is 13.6. The second-order valence-corrected chi connectivity index (χ2v) is 26.1. The highest BCUT2D eigenvalue weighted by Crippen LogP contribution is 2.52. The molecule has 0 fully saturated rings. The van der Waals surface area contributed by atoms with Crippen LogP contribution in [0.15, 0.2) is 36.4 Å². The number of nitrogens with zero attached hydrogens (tertiary/aromatic N) is 3. The van der Waals surface area contributed by atoms with Crippen molar-refractivity contribution in [1.29, 1.82) is 0 Å². The number of fused-ring (bicyclic) bond motifs is 9. The van der Waals surface area contributed by atoms with Gasteiger partial charge in [0, 0.05) is 181 Å². The normalized spacial score (nSPS) is 16.1. The van der Waals surface area contributed by atoms with Crippen LogP contribution in [0.2, 0.25) is 0 Å². The molecular weight excluding hydrogens is 1190 g/mol. The number of hydrogen-bond donors (Lipinski definition) is 0. The minimum absolute atomic E-state index is 0.00566. The highest BCUT2D eigenvalue weighted by molar-refractivity contribution is 7.20. The number of alkyl halides is 3. The molecule has 0 spiro atoms. The Labute approximate surface area is 500 Å². The van der Waals surface area contributed by atoms with Crippen LogP contribution in [0.3, 0.4) is 0 Å². The first kappa shape index (κ1) is 62.5. The molecule has 3 amide bonds. The molecule has 9 rings (SSSR count). The van der Waals surface area contributed by atoms with E-state index in [0.717, 1.165) is 61.6 Å². The summed E-state index contributed by atoms with van der Waals surface area (Å²) in [5.41, 5.74) is 4.53. The predicted molar refractivity (Wildman–Crippen MR) is 322 cm³/mol. The molecule has 3 aromatic carbocycles. The lowest BCUT2D eigenvalue weighted by Gasteiger charge is -2.25. The first-order valence-corrected chi connectivity index (χ1v) is 30.5. The molecule has 80 heavy (non-hydrogen) atoms. The van der Waals surface area contributed by atoms with Crippen molar-refractivity contribution in [2.45, 2.75) is 124 Å². The number of hydrogen-bond acceptors (Lipinski definition) is 15. The number of aryl methyl sites for hydroxylation is 3. The molecule has 15 nitrogen and oxygen atoms in total. The minimum atomic E-state index is -0.599. The number of carbonyl (C=O) groups is 8. The summed E-state index contributed by atoms with van der Waals surface area (Å²) in [6.45, 7) is 16.9. The summed E-state index contributed by atoms with van der Waals surface area (Å²) in [6, 6.07) is 11.3. The van der Waals surface area contributed by atoms with Gasteiger partial charge in [-0.05, 0) is 95.8 Å². The van der Waals surface area contributed by atoms with Gasteiger partial charge in [-0.3, -0.25) is 38.5 Å². The molecule has 3 aromatic heterocycles. The highest BCUT2D eigenvalue weighted by Gasteiger charge is 2.40. The topological polar surface area (TPSA) is 183 Å². The zero-order valence-corrected chi connectivity index (χ0v) is 51.8. The third-order valence-corrected chi connectivity index (χ3v) is 17.8. The van der Waals surface area contributed by atoms with Crippen molar-refractivity contribution in [2.24, 2.45) is 0 Å². The Morgan fingerprint density at radius 1 is 0.500 bits per heavy atom. The molecule has 0 unspecified atom stereocenters. The molecule has 3 aliphatic rings. The smallest absolute Gasteiger partial charge is 0.414 e. The van der Waals surface area contributed by atoms with E-state index >= 15 is 0 Å². The third kappa shape index (κ3) is 14.4. The quantitative estimate of drug-likeness (QED) is 0.0436. The van der Waals surface area contributed by atoms with Crippen LogP contribution in [0.25, 0.3) is 30.3 Å². The maximum Gasteiger partial charge on any atom is 0.414 e.